The first kappa shape index (κ1) is 35.9. The van der Waals surface area contributed by atoms with Gasteiger partial charge in [-0.15, -0.1) is 5.10 Å². The SMILES string of the molecule is CC(C)(C)[Si]OC(C)(C)c1onc(-c2ccccc2Cl)c1C(=O)c1nnn(Cc2cc(C(F)(F)F)cc(C(F)(F)F)c2)c1-c1cnccn1. The second kappa shape index (κ2) is 13.1. The van der Waals surface area contributed by atoms with Crippen molar-refractivity contribution in [2.45, 2.75) is 64.2 Å². The highest BCUT2D eigenvalue weighted by Gasteiger charge is 2.40. The maximum Gasteiger partial charge on any atom is 0.416 e. The third kappa shape index (κ3) is 7.92. The quantitative estimate of drug-likeness (QED) is 0.0848. The molecule has 0 saturated heterocycles. The van der Waals surface area contributed by atoms with Crippen LogP contribution >= 0.6 is 11.6 Å². The molecule has 2 radical (unpaired) electrons. The van der Waals surface area contributed by atoms with Crippen molar-refractivity contribution in [3.8, 4) is 22.6 Å². The topological polar surface area (TPSA) is 109 Å². The number of nitrogens with zero attached hydrogens (tertiary/aromatic N) is 6. The number of ketones is 1. The number of alkyl halides is 6. The molecule has 0 N–H and O–H groups in total. The van der Waals surface area contributed by atoms with Gasteiger partial charge in [0.25, 0.3) is 0 Å². The first-order valence-corrected chi connectivity index (χ1v) is 15.8. The number of aromatic nitrogens is 6. The summed E-state index contributed by atoms with van der Waals surface area (Å²) in [5.41, 5.74) is -4.81. The third-order valence-electron chi connectivity index (χ3n) is 6.94. The number of rotatable bonds is 9. The number of halogens is 7. The number of hydrogen-bond acceptors (Lipinski definition) is 8. The molecule has 0 atom stereocenters. The van der Waals surface area contributed by atoms with Gasteiger partial charge in [-0.1, -0.05) is 60.9 Å². The van der Waals surface area contributed by atoms with Crippen LogP contribution in [-0.4, -0.2) is 45.7 Å². The summed E-state index contributed by atoms with van der Waals surface area (Å²) in [6, 6.07) is 7.74. The number of benzene rings is 2. The lowest BCUT2D eigenvalue weighted by molar-refractivity contribution is -0.143. The zero-order valence-electron chi connectivity index (χ0n) is 26.5. The molecule has 5 rings (SSSR count). The first-order chi connectivity index (χ1) is 22.8. The van der Waals surface area contributed by atoms with Gasteiger partial charge in [0.1, 0.15) is 22.7 Å². The van der Waals surface area contributed by atoms with Crippen LogP contribution < -0.4 is 0 Å². The van der Waals surface area contributed by atoms with E-state index < -0.39 is 47.0 Å². The van der Waals surface area contributed by atoms with Gasteiger partial charge in [0, 0.05) is 18.0 Å². The second-order valence-corrected chi connectivity index (χ2v) is 14.8. The van der Waals surface area contributed by atoms with Crippen molar-refractivity contribution in [2.75, 3.05) is 0 Å². The van der Waals surface area contributed by atoms with Gasteiger partial charge in [-0.05, 0) is 48.7 Å². The Hall–Kier alpha value is -4.41. The highest BCUT2D eigenvalue weighted by Crippen LogP contribution is 2.40. The van der Waals surface area contributed by atoms with Crippen LogP contribution in [0.1, 0.15) is 73.1 Å². The minimum atomic E-state index is -5.07. The lowest BCUT2D eigenvalue weighted by Gasteiger charge is -2.27. The van der Waals surface area contributed by atoms with Crippen molar-refractivity contribution in [1.82, 2.24) is 30.1 Å². The van der Waals surface area contributed by atoms with Crippen molar-refractivity contribution in [1.29, 1.82) is 0 Å². The second-order valence-electron chi connectivity index (χ2n) is 12.5. The third-order valence-corrected chi connectivity index (χ3v) is 8.50. The van der Waals surface area contributed by atoms with E-state index in [1.54, 1.807) is 38.1 Å². The molecule has 2 aromatic carbocycles. The van der Waals surface area contributed by atoms with Crippen LogP contribution in [0.25, 0.3) is 22.6 Å². The number of hydrogen-bond donors (Lipinski definition) is 0. The Kier molecular flexibility index (Phi) is 9.62. The van der Waals surface area contributed by atoms with Gasteiger partial charge < -0.3 is 8.95 Å². The fourth-order valence-electron chi connectivity index (χ4n) is 4.73. The van der Waals surface area contributed by atoms with Crippen LogP contribution in [0.15, 0.2) is 65.6 Å². The molecule has 256 valence electrons. The summed E-state index contributed by atoms with van der Waals surface area (Å²) in [6.45, 7) is 8.63. The molecule has 0 aliphatic carbocycles. The van der Waals surface area contributed by atoms with E-state index in [1.807, 2.05) is 20.8 Å². The summed E-state index contributed by atoms with van der Waals surface area (Å²) in [4.78, 5) is 22.9. The number of carbonyl (C=O) groups is 1. The molecule has 3 heterocycles. The van der Waals surface area contributed by atoms with Crippen LogP contribution in [0, 0.1) is 0 Å². The molecule has 0 amide bonds. The monoisotopic (exact) mass is 720 g/mol. The molecule has 0 spiro atoms. The van der Waals surface area contributed by atoms with Gasteiger partial charge in [0.2, 0.25) is 15.5 Å². The highest BCUT2D eigenvalue weighted by atomic mass is 35.5. The minimum absolute atomic E-state index is 0.0147. The molecule has 0 aliphatic rings. The average molecular weight is 721 g/mol. The fraction of sp³-hybridized carbons (Fsp3) is 0.312. The van der Waals surface area contributed by atoms with E-state index in [4.69, 9.17) is 20.6 Å². The van der Waals surface area contributed by atoms with Gasteiger partial charge in [0.05, 0.1) is 34.5 Å². The fourth-order valence-corrected chi connectivity index (χ4v) is 5.61. The Morgan fingerprint density at radius 3 is 2.18 bits per heavy atom. The Balaban J connectivity index is 1.70. The van der Waals surface area contributed by atoms with Crippen LogP contribution in [0.2, 0.25) is 10.1 Å². The standard InChI is InChI=1S/C32H27ClF6N6O3Si/c1-29(2,3)49-48-30(4,5)28-23(24(43-47-28)20-8-6-7-9-21(20)33)27(46)25-26(22-15-40-10-11-41-22)45(44-42-25)16-17-12-18(31(34,35)36)14-19(13-17)32(37,38)39/h6-15H,16H2,1-5H3. The summed E-state index contributed by atoms with van der Waals surface area (Å²) in [6.07, 6.45) is -6.27. The minimum Gasteiger partial charge on any atom is -0.405 e. The highest BCUT2D eigenvalue weighted by molar-refractivity contribution is 6.33. The van der Waals surface area contributed by atoms with Crippen molar-refractivity contribution in [2.24, 2.45) is 0 Å². The molecule has 49 heavy (non-hydrogen) atoms. The van der Waals surface area contributed by atoms with E-state index in [0.717, 1.165) is 4.68 Å². The lowest BCUT2D eigenvalue weighted by atomic mass is 9.93. The van der Waals surface area contributed by atoms with Crippen LogP contribution in [-0.2, 0) is 28.9 Å². The van der Waals surface area contributed by atoms with Crippen LogP contribution in [0.3, 0.4) is 0 Å². The predicted octanol–water partition coefficient (Wildman–Crippen LogP) is 8.45. The molecular formula is C32H27ClF6N6O3Si. The normalized spacial score (nSPS) is 12.8. The van der Waals surface area contributed by atoms with Crippen molar-refractivity contribution in [3.05, 3.63) is 99.8 Å². The summed E-state index contributed by atoms with van der Waals surface area (Å²) < 4.78 is 94.9. The van der Waals surface area contributed by atoms with Gasteiger partial charge in [-0.3, -0.25) is 14.8 Å². The molecule has 5 aromatic rings. The molecule has 17 heteroatoms. The van der Waals surface area contributed by atoms with Crippen molar-refractivity contribution in [3.63, 3.8) is 0 Å². The largest absolute Gasteiger partial charge is 0.416 e. The van der Waals surface area contributed by atoms with Gasteiger partial charge in [-0.2, -0.15) is 26.3 Å². The molecule has 3 aromatic heterocycles. The molecule has 0 unspecified atom stereocenters. The smallest absolute Gasteiger partial charge is 0.405 e. The van der Waals surface area contributed by atoms with Crippen LogP contribution in [0.4, 0.5) is 26.3 Å². The summed E-state index contributed by atoms with van der Waals surface area (Å²) in [7, 11) is -0.0349. The van der Waals surface area contributed by atoms with E-state index in [1.165, 1.54) is 18.6 Å². The molecule has 0 fully saturated rings. The van der Waals surface area contributed by atoms with Gasteiger partial charge >= 0.3 is 12.4 Å². The summed E-state index contributed by atoms with van der Waals surface area (Å²) in [5, 5.41) is 12.2. The molecule has 9 nitrogen and oxygen atoms in total. The number of carbonyl (C=O) groups excluding carboxylic acids is 1. The first-order valence-electron chi connectivity index (χ1n) is 14.5. The molecule has 0 aliphatic heterocycles. The zero-order valence-corrected chi connectivity index (χ0v) is 28.3. The van der Waals surface area contributed by atoms with E-state index in [-0.39, 0.29) is 60.0 Å². The van der Waals surface area contributed by atoms with E-state index in [9.17, 15) is 31.1 Å². The lowest BCUT2D eigenvalue weighted by Crippen LogP contribution is -2.29. The molecule has 0 bridgehead atoms. The summed E-state index contributed by atoms with van der Waals surface area (Å²) in [5.74, 6) is -0.773. The van der Waals surface area contributed by atoms with Gasteiger partial charge in [-0.25, -0.2) is 4.68 Å². The van der Waals surface area contributed by atoms with E-state index in [2.05, 4.69) is 25.4 Å². The van der Waals surface area contributed by atoms with Crippen LogP contribution in [0.5, 0.6) is 0 Å². The Labute approximate surface area is 283 Å². The maximum atomic E-state index is 14.7. The Bertz CT molecular complexity index is 1960. The van der Waals surface area contributed by atoms with E-state index in [0.29, 0.717) is 17.7 Å². The van der Waals surface area contributed by atoms with E-state index >= 15 is 0 Å². The molecular weight excluding hydrogens is 694 g/mol. The van der Waals surface area contributed by atoms with Gasteiger partial charge in [0.15, 0.2) is 11.5 Å². The molecule has 0 saturated carbocycles. The Morgan fingerprint density at radius 1 is 0.959 bits per heavy atom. The average Bonchev–Trinajstić information content (AvgIpc) is 3.65. The van der Waals surface area contributed by atoms with Crippen molar-refractivity contribution >= 4 is 27.1 Å². The van der Waals surface area contributed by atoms with Crippen molar-refractivity contribution < 1.29 is 40.1 Å². The zero-order chi connectivity index (χ0) is 35.9. The Morgan fingerprint density at radius 2 is 1.61 bits per heavy atom. The predicted molar refractivity (Wildman–Crippen MR) is 167 cm³/mol. The maximum absolute atomic E-state index is 14.7. The summed E-state index contributed by atoms with van der Waals surface area (Å²) >= 11 is 6.50.